The Bertz CT molecular complexity index is 498. The molecule has 7 heteroatoms. The number of hydrogen-bond donors (Lipinski definition) is 2. The fraction of sp³-hybridized carbons (Fsp3) is 0.588. The van der Waals surface area contributed by atoms with Crippen molar-refractivity contribution in [3.63, 3.8) is 0 Å². The van der Waals surface area contributed by atoms with Crippen molar-refractivity contribution in [1.29, 1.82) is 0 Å². The topological polar surface area (TPSA) is 64.3 Å². The lowest BCUT2D eigenvalue weighted by Gasteiger charge is -2.31. The lowest BCUT2D eigenvalue weighted by atomic mass is 9.87. The first-order valence-corrected chi connectivity index (χ1v) is 9.05. The number of nitrogens with one attached hydrogen (secondary N) is 1. The first kappa shape index (κ1) is 21.4. The third kappa shape index (κ3) is 8.97. The minimum Gasteiger partial charge on any atom is -0.444 e. The van der Waals surface area contributed by atoms with Crippen LogP contribution >= 0.6 is 34.8 Å². The second kappa shape index (κ2) is 9.71. The average molecular weight is 396 g/mol. The van der Waals surface area contributed by atoms with Crippen LogP contribution in [0.5, 0.6) is 0 Å². The van der Waals surface area contributed by atoms with Gasteiger partial charge in [0.2, 0.25) is 3.79 Å². The normalized spacial score (nSPS) is 16.0. The summed E-state index contributed by atoms with van der Waals surface area (Å²) >= 11 is 16.8. The number of piperidine rings is 1. The Morgan fingerprint density at radius 1 is 1.21 bits per heavy atom. The summed E-state index contributed by atoms with van der Waals surface area (Å²) in [5.74, 6) is 0.644. The van der Waals surface area contributed by atoms with Gasteiger partial charge in [0, 0.05) is 5.56 Å². The predicted octanol–water partition coefficient (Wildman–Crippen LogP) is 4.76. The van der Waals surface area contributed by atoms with Crippen LogP contribution in [0.25, 0.3) is 0 Å². The number of alkyl halides is 3. The number of amides is 1. The monoisotopic (exact) mass is 394 g/mol. The van der Waals surface area contributed by atoms with Crippen LogP contribution < -0.4 is 11.1 Å². The SMILES string of the molecule is CC(C)(CC1CCNCC1)OC(N)=O.ClC(Cl)(Cl)c1ccccc1. The molecule has 0 bridgehead atoms. The number of carbonyl (C=O) groups excluding carboxylic acids is 1. The van der Waals surface area contributed by atoms with Crippen LogP contribution in [0.2, 0.25) is 0 Å². The summed E-state index contributed by atoms with van der Waals surface area (Å²) in [6, 6.07) is 9.08. The van der Waals surface area contributed by atoms with Gasteiger partial charge in [-0.3, -0.25) is 0 Å². The molecule has 0 atom stereocenters. The summed E-state index contributed by atoms with van der Waals surface area (Å²) < 4.78 is 3.77. The van der Waals surface area contributed by atoms with Crippen molar-refractivity contribution in [2.24, 2.45) is 11.7 Å². The first-order valence-electron chi connectivity index (χ1n) is 7.91. The molecule has 3 N–H and O–H groups in total. The molecule has 2 rings (SSSR count). The van der Waals surface area contributed by atoms with Gasteiger partial charge >= 0.3 is 6.09 Å². The maximum Gasteiger partial charge on any atom is 0.405 e. The minimum atomic E-state index is -1.29. The summed E-state index contributed by atoms with van der Waals surface area (Å²) in [5.41, 5.74) is 5.28. The van der Waals surface area contributed by atoms with E-state index < -0.39 is 15.5 Å². The van der Waals surface area contributed by atoms with Crippen molar-refractivity contribution in [1.82, 2.24) is 5.32 Å². The molecule has 136 valence electrons. The van der Waals surface area contributed by atoms with Gasteiger partial charge in [0.05, 0.1) is 0 Å². The van der Waals surface area contributed by atoms with Crippen molar-refractivity contribution in [3.8, 4) is 0 Å². The van der Waals surface area contributed by atoms with Crippen molar-refractivity contribution >= 4 is 40.9 Å². The summed E-state index contributed by atoms with van der Waals surface area (Å²) in [6.45, 7) is 5.97. The van der Waals surface area contributed by atoms with E-state index in [-0.39, 0.29) is 0 Å². The summed E-state index contributed by atoms with van der Waals surface area (Å²) in [5, 5.41) is 3.31. The Hall–Kier alpha value is -0.680. The molecule has 0 aromatic heterocycles. The van der Waals surface area contributed by atoms with Crippen LogP contribution in [0.15, 0.2) is 30.3 Å². The number of ether oxygens (including phenoxy) is 1. The zero-order chi connectivity index (χ0) is 18.2. The van der Waals surface area contributed by atoms with Gasteiger partial charge in [-0.15, -0.1) is 0 Å². The van der Waals surface area contributed by atoms with E-state index in [9.17, 15) is 4.79 Å². The van der Waals surface area contributed by atoms with Crippen LogP contribution in [-0.4, -0.2) is 24.8 Å². The van der Waals surface area contributed by atoms with Crippen molar-refractivity contribution < 1.29 is 9.53 Å². The lowest BCUT2D eigenvalue weighted by molar-refractivity contribution is 0.0229. The summed E-state index contributed by atoms with van der Waals surface area (Å²) in [6.07, 6.45) is 2.54. The van der Waals surface area contributed by atoms with Crippen LogP contribution in [0, 0.1) is 5.92 Å². The zero-order valence-electron chi connectivity index (χ0n) is 14.0. The second-order valence-electron chi connectivity index (χ2n) is 6.44. The summed E-state index contributed by atoms with van der Waals surface area (Å²) in [4.78, 5) is 10.6. The highest BCUT2D eigenvalue weighted by atomic mass is 35.6. The molecule has 1 aliphatic heterocycles. The number of hydrogen-bond acceptors (Lipinski definition) is 3. The minimum absolute atomic E-state index is 0.423. The van der Waals surface area contributed by atoms with E-state index in [4.69, 9.17) is 45.3 Å². The van der Waals surface area contributed by atoms with Gasteiger partial charge in [-0.1, -0.05) is 65.1 Å². The maximum absolute atomic E-state index is 10.6. The van der Waals surface area contributed by atoms with E-state index in [1.54, 1.807) is 12.1 Å². The maximum atomic E-state index is 10.6. The Morgan fingerprint density at radius 3 is 2.17 bits per heavy atom. The van der Waals surface area contributed by atoms with E-state index in [1.807, 2.05) is 32.0 Å². The van der Waals surface area contributed by atoms with Gasteiger partial charge in [0.25, 0.3) is 0 Å². The van der Waals surface area contributed by atoms with Crippen LogP contribution in [0.3, 0.4) is 0 Å². The van der Waals surface area contributed by atoms with Gasteiger partial charge in [-0.2, -0.15) is 0 Å². The molecule has 0 radical (unpaired) electrons. The molecule has 1 aromatic carbocycles. The van der Waals surface area contributed by atoms with Gasteiger partial charge in [-0.05, 0) is 52.1 Å². The van der Waals surface area contributed by atoms with Crippen molar-refractivity contribution in [3.05, 3.63) is 35.9 Å². The Kier molecular flexibility index (Phi) is 8.65. The third-order valence-electron chi connectivity index (χ3n) is 3.72. The predicted molar refractivity (Wildman–Crippen MR) is 101 cm³/mol. The molecule has 4 nitrogen and oxygen atoms in total. The molecule has 1 amide bonds. The first-order chi connectivity index (χ1) is 11.1. The van der Waals surface area contributed by atoms with Gasteiger partial charge in [0.1, 0.15) is 5.60 Å². The number of rotatable bonds is 3. The highest BCUT2D eigenvalue weighted by Gasteiger charge is 2.27. The fourth-order valence-corrected chi connectivity index (χ4v) is 3.10. The highest BCUT2D eigenvalue weighted by molar-refractivity contribution is 6.66. The van der Waals surface area contributed by atoms with E-state index in [0.29, 0.717) is 11.5 Å². The standard InChI is InChI=1S/C10H20N2O2.C7H5Cl3/c1-10(2,14-9(11)13)7-8-3-5-12-6-4-8;8-7(9,10)6-4-2-1-3-5-6/h8,12H,3-7H2,1-2H3,(H2,11,13);1-5H. The Morgan fingerprint density at radius 2 is 1.75 bits per heavy atom. The quantitative estimate of drug-likeness (QED) is 0.725. The molecule has 0 unspecified atom stereocenters. The van der Waals surface area contributed by atoms with Crippen molar-refractivity contribution in [2.45, 2.75) is 42.5 Å². The number of primary amides is 1. The van der Waals surface area contributed by atoms with Gasteiger partial charge in [-0.25, -0.2) is 4.79 Å². The highest BCUT2D eigenvalue weighted by Crippen LogP contribution is 2.37. The van der Waals surface area contributed by atoms with E-state index in [2.05, 4.69) is 5.32 Å². The largest absolute Gasteiger partial charge is 0.444 e. The number of nitrogens with two attached hydrogens (primary N) is 1. The average Bonchev–Trinajstić information content (AvgIpc) is 2.47. The van der Waals surface area contributed by atoms with Gasteiger partial charge in [0.15, 0.2) is 0 Å². The smallest absolute Gasteiger partial charge is 0.405 e. The molecule has 1 aliphatic rings. The molecule has 1 fully saturated rings. The number of benzene rings is 1. The molecule has 24 heavy (non-hydrogen) atoms. The van der Waals surface area contributed by atoms with E-state index in [1.165, 1.54) is 0 Å². The molecular weight excluding hydrogens is 371 g/mol. The van der Waals surface area contributed by atoms with E-state index >= 15 is 0 Å². The molecule has 1 aromatic rings. The zero-order valence-corrected chi connectivity index (χ0v) is 16.3. The summed E-state index contributed by atoms with van der Waals surface area (Å²) in [7, 11) is 0. The Labute approximate surface area is 159 Å². The molecule has 0 aliphatic carbocycles. The lowest BCUT2D eigenvalue weighted by Crippen LogP contribution is -2.36. The fourth-order valence-electron chi connectivity index (χ4n) is 2.72. The second-order valence-corrected chi connectivity index (χ2v) is 8.72. The molecule has 1 heterocycles. The van der Waals surface area contributed by atoms with Gasteiger partial charge < -0.3 is 15.8 Å². The molecule has 0 saturated carbocycles. The van der Waals surface area contributed by atoms with Crippen LogP contribution in [0.1, 0.15) is 38.7 Å². The molecule has 1 saturated heterocycles. The number of carbonyl (C=O) groups is 1. The van der Waals surface area contributed by atoms with Crippen LogP contribution in [-0.2, 0) is 8.53 Å². The van der Waals surface area contributed by atoms with Crippen molar-refractivity contribution in [2.75, 3.05) is 13.1 Å². The van der Waals surface area contributed by atoms with E-state index in [0.717, 1.165) is 32.4 Å². The molecule has 0 spiro atoms. The number of halogens is 3. The molecular formula is C17H25Cl3N2O2. The Balaban J connectivity index is 0.000000254. The third-order valence-corrected chi connectivity index (χ3v) is 4.37. The van der Waals surface area contributed by atoms with Crippen LogP contribution in [0.4, 0.5) is 4.79 Å².